The summed E-state index contributed by atoms with van der Waals surface area (Å²) >= 11 is 0. The van der Waals surface area contributed by atoms with Gasteiger partial charge in [0.05, 0.1) is 0 Å². The quantitative estimate of drug-likeness (QED) is 0.813. The number of carbonyl (C=O) groups excluding carboxylic acids is 1. The van der Waals surface area contributed by atoms with Crippen LogP contribution in [-0.4, -0.2) is 16.0 Å². The van der Waals surface area contributed by atoms with Crippen molar-refractivity contribution in [2.45, 2.75) is 39.8 Å². The van der Waals surface area contributed by atoms with Gasteiger partial charge in [-0.1, -0.05) is 6.07 Å². The first-order valence-electron chi connectivity index (χ1n) is 5.27. The van der Waals surface area contributed by atoms with E-state index in [0.29, 0.717) is 5.56 Å². The van der Waals surface area contributed by atoms with Crippen molar-refractivity contribution in [2.75, 3.05) is 0 Å². The molecular weight excluding hydrogens is 204 g/mol. The van der Waals surface area contributed by atoms with Gasteiger partial charge < -0.3 is 9.88 Å². The summed E-state index contributed by atoms with van der Waals surface area (Å²) in [6.45, 7) is 7.52. The van der Waals surface area contributed by atoms with E-state index in [1.54, 1.807) is 25.3 Å². The number of hydrogen-bond donors (Lipinski definition) is 1. The second-order valence-corrected chi connectivity index (χ2v) is 4.92. The van der Waals surface area contributed by atoms with E-state index in [-0.39, 0.29) is 23.6 Å². The van der Waals surface area contributed by atoms with Crippen molar-refractivity contribution in [3.8, 4) is 0 Å². The molecule has 0 radical (unpaired) electrons. The Balaban J connectivity index is 2.78. The molecule has 0 aliphatic heterocycles. The van der Waals surface area contributed by atoms with Gasteiger partial charge in [0, 0.05) is 17.3 Å². The van der Waals surface area contributed by atoms with Crippen LogP contribution in [0.4, 0.5) is 0 Å². The molecule has 0 unspecified atom stereocenters. The fourth-order valence-electron chi connectivity index (χ4n) is 1.39. The van der Waals surface area contributed by atoms with Gasteiger partial charge in [0.15, 0.2) is 0 Å². The van der Waals surface area contributed by atoms with Crippen molar-refractivity contribution in [3.63, 3.8) is 0 Å². The third-order valence-electron chi connectivity index (χ3n) is 2.04. The van der Waals surface area contributed by atoms with Crippen LogP contribution in [0.15, 0.2) is 23.1 Å². The lowest BCUT2D eigenvalue weighted by Gasteiger charge is -2.20. The molecule has 1 N–H and O–H groups in total. The summed E-state index contributed by atoms with van der Waals surface area (Å²) in [5, 5.41) is 2.82. The van der Waals surface area contributed by atoms with Crippen LogP contribution in [0.25, 0.3) is 0 Å². The summed E-state index contributed by atoms with van der Waals surface area (Å²) < 4.78 is 1.41. The summed E-state index contributed by atoms with van der Waals surface area (Å²) in [6, 6.07) is 3.50. The van der Waals surface area contributed by atoms with E-state index in [2.05, 4.69) is 5.32 Å². The second kappa shape index (κ2) is 4.51. The van der Waals surface area contributed by atoms with Crippen molar-refractivity contribution >= 4 is 5.91 Å². The van der Waals surface area contributed by atoms with E-state index in [0.717, 1.165) is 0 Å². The SMILES string of the molecule is Cc1cccn(CC(=O)NC(C)(C)C)c1=O. The highest BCUT2D eigenvalue weighted by atomic mass is 16.2. The van der Waals surface area contributed by atoms with E-state index in [4.69, 9.17) is 0 Å². The molecular formula is C12H18N2O2. The van der Waals surface area contributed by atoms with E-state index >= 15 is 0 Å². The number of nitrogens with one attached hydrogen (secondary N) is 1. The van der Waals surface area contributed by atoms with Gasteiger partial charge in [0.25, 0.3) is 5.56 Å². The van der Waals surface area contributed by atoms with E-state index in [1.165, 1.54) is 4.57 Å². The Kier molecular flexibility index (Phi) is 3.52. The van der Waals surface area contributed by atoms with Crippen LogP contribution in [0.2, 0.25) is 0 Å². The summed E-state index contributed by atoms with van der Waals surface area (Å²) in [5.41, 5.74) is 0.252. The average molecular weight is 222 g/mol. The minimum Gasteiger partial charge on any atom is -0.350 e. The normalized spacial score (nSPS) is 11.2. The molecule has 0 saturated heterocycles. The zero-order chi connectivity index (χ0) is 12.3. The molecule has 1 aromatic heterocycles. The molecule has 0 saturated carbocycles. The highest BCUT2D eigenvalue weighted by Crippen LogP contribution is 1.98. The molecule has 1 amide bonds. The van der Waals surface area contributed by atoms with Crippen molar-refractivity contribution < 1.29 is 4.79 Å². The van der Waals surface area contributed by atoms with Crippen LogP contribution in [0, 0.1) is 6.92 Å². The van der Waals surface area contributed by atoms with Gasteiger partial charge in [-0.25, -0.2) is 0 Å². The lowest BCUT2D eigenvalue weighted by Crippen LogP contribution is -2.43. The number of amides is 1. The van der Waals surface area contributed by atoms with Crippen molar-refractivity contribution in [2.24, 2.45) is 0 Å². The molecule has 0 aliphatic carbocycles. The Labute approximate surface area is 95.3 Å². The number of hydrogen-bond acceptors (Lipinski definition) is 2. The fourth-order valence-corrected chi connectivity index (χ4v) is 1.39. The number of pyridine rings is 1. The van der Waals surface area contributed by atoms with Crippen LogP contribution in [0.3, 0.4) is 0 Å². The largest absolute Gasteiger partial charge is 0.350 e. The maximum absolute atomic E-state index is 11.7. The molecule has 1 heterocycles. The Morgan fingerprint density at radius 3 is 2.62 bits per heavy atom. The lowest BCUT2D eigenvalue weighted by molar-refractivity contribution is -0.123. The molecule has 88 valence electrons. The third kappa shape index (κ3) is 3.53. The first-order valence-corrected chi connectivity index (χ1v) is 5.27. The van der Waals surface area contributed by atoms with Crippen molar-refractivity contribution in [1.82, 2.24) is 9.88 Å². The molecule has 1 aromatic rings. The van der Waals surface area contributed by atoms with Gasteiger partial charge in [0.2, 0.25) is 5.91 Å². The van der Waals surface area contributed by atoms with Crippen LogP contribution < -0.4 is 10.9 Å². The van der Waals surface area contributed by atoms with Crippen LogP contribution in [-0.2, 0) is 11.3 Å². The zero-order valence-corrected chi connectivity index (χ0v) is 10.2. The Morgan fingerprint density at radius 1 is 1.44 bits per heavy atom. The zero-order valence-electron chi connectivity index (χ0n) is 10.2. The lowest BCUT2D eigenvalue weighted by atomic mass is 10.1. The van der Waals surface area contributed by atoms with Gasteiger partial charge in [0.1, 0.15) is 6.54 Å². The number of rotatable bonds is 2. The van der Waals surface area contributed by atoms with E-state index in [1.807, 2.05) is 20.8 Å². The van der Waals surface area contributed by atoms with Gasteiger partial charge >= 0.3 is 0 Å². The Bertz CT molecular complexity index is 441. The highest BCUT2D eigenvalue weighted by molar-refractivity contribution is 5.76. The number of nitrogens with zero attached hydrogens (tertiary/aromatic N) is 1. The van der Waals surface area contributed by atoms with Gasteiger partial charge in [-0.05, 0) is 33.8 Å². The molecule has 0 aromatic carbocycles. The van der Waals surface area contributed by atoms with E-state index in [9.17, 15) is 9.59 Å². The minimum atomic E-state index is -0.273. The van der Waals surface area contributed by atoms with Crippen LogP contribution in [0.1, 0.15) is 26.3 Å². The summed E-state index contributed by atoms with van der Waals surface area (Å²) in [4.78, 5) is 23.3. The van der Waals surface area contributed by atoms with Gasteiger partial charge in [-0.2, -0.15) is 0 Å². The molecule has 0 aliphatic rings. The number of carbonyl (C=O) groups is 1. The Morgan fingerprint density at radius 2 is 2.06 bits per heavy atom. The summed E-state index contributed by atoms with van der Waals surface area (Å²) in [7, 11) is 0. The molecule has 0 fully saturated rings. The molecule has 0 bridgehead atoms. The van der Waals surface area contributed by atoms with E-state index < -0.39 is 0 Å². The topological polar surface area (TPSA) is 51.1 Å². The Hall–Kier alpha value is -1.58. The molecule has 0 spiro atoms. The minimum absolute atomic E-state index is 0.0672. The molecule has 1 rings (SSSR count). The van der Waals surface area contributed by atoms with Gasteiger partial charge in [-0.3, -0.25) is 9.59 Å². The molecule has 16 heavy (non-hydrogen) atoms. The van der Waals surface area contributed by atoms with Crippen molar-refractivity contribution in [3.05, 3.63) is 34.2 Å². The predicted octanol–water partition coefficient (Wildman–Crippen LogP) is 1.07. The number of aromatic nitrogens is 1. The summed E-state index contributed by atoms with van der Waals surface area (Å²) in [5.74, 6) is -0.153. The number of aryl methyl sites for hydroxylation is 1. The third-order valence-corrected chi connectivity index (χ3v) is 2.04. The van der Waals surface area contributed by atoms with Crippen LogP contribution in [0.5, 0.6) is 0 Å². The summed E-state index contributed by atoms with van der Waals surface area (Å²) in [6.07, 6.45) is 1.62. The molecule has 4 nitrogen and oxygen atoms in total. The standard InChI is InChI=1S/C12H18N2O2/c1-9-6-5-7-14(11(9)16)8-10(15)13-12(2,3)4/h5-7H,8H2,1-4H3,(H,13,15). The highest BCUT2D eigenvalue weighted by Gasteiger charge is 2.14. The first-order chi connectivity index (χ1) is 7.29. The van der Waals surface area contributed by atoms with Crippen molar-refractivity contribution in [1.29, 1.82) is 0 Å². The first kappa shape index (κ1) is 12.5. The predicted molar refractivity (Wildman–Crippen MR) is 63.3 cm³/mol. The fraction of sp³-hybridized carbons (Fsp3) is 0.500. The maximum Gasteiger partial charge on any atom is 0.253 e. The van der Waals surface area contributed by atoms with Gasteiger partial charge in [-0.15, -0.1) is 0 Å². The monoisotopic (exact) mass is 222 g/mol. The maximum atomic E-state index is 11.7. The smallest absolute Gasteiger partial charge is 0.253 e. The average Bonchev–Trinajstić information content (AvgIpc) is 2.09. The molecule has 0 atom stereocenters. The second-order valence-electron chi connectivity index (χ2n) is 4.92. The molecule has 4 heteroatoms. The van der Waals surface area contributed by atoms with Crippen LogP contribution >= 0.6 is 0 Å².